The van der Waals surface area contributed by atoms with Crippen molar-refractivity contribution in [3.05, 3.63) is 41.8 Å². The van der Waals surface area contributed by atoms with E-state index < -0.39 is 0 Å². The van der Waals surface area contributed by atoms with Gasteiger partial charge in [-0.25, -0.2) is 9.97 Å². The highest BCUT2D eigenvalue weighted by Crippen LogP contribution is 2.32. The van der Waals surface area contributed by atoms with Crippen LogP contribution in [-0.2, 0) is 0 Å². The second-order valence-electron chi connectivity index (χ2n) is 4.78. The summed E-state index contributed by atoms with van der Waals surface area (Å²) in [6.07, 6.45) is 0. The first-order valence-electron chi connectivity index (χ1n) is 6.77. The summed E-state index contributed by atoms with van der Waals surface area (Å²) >= 11 is 0. The van der Waals surface area contributed by atoms with Crippen LogP contribution in [-0.4, -0.2) is 16.5 Å². The average molecular weight is 267 g/mol. The molecule has 0 spiro atoms. The largest absolute Gasteiger partial charge is 0.461 e. The van der Waals surface area contributed by atoms with Gasteiger partial charge in [-0.2, -0.15) is 0 Å². The molecule has 1 aromatic carbocycles. The summed E-state index contributed by atoms with van der Waals surface area (Å²) < 4.78 is 5.79. The monoisotopic (exact) mass is 267 g/mol. The van der Waals surface area contributed by atoms with Crippen LogP contribution in [0.5, 0.6) is 0 Å². The van der Waals surface area contributed by atoms with Crippen molar-refractivity contribution in [2.24, 2.45) is 0 Å². The molecule has 0 atom stereocenters. The fraction of sp³-hybridized carbons (Fsp3) is 0.250. The first-order valence-corrected chi connectivity index (χ1v) is 6.77. The summed E-state index contributed by atoms with van der Waals surface area (Å²) in [5.41, 5.74) is 2.79. The van der Waals surface area contributed by atoms with Gasteiger partial charge in [0.25, 0.3) is 0 Å². The molecule has 0 fully saturated rings. The van der Waals surface area contributed by atoms with Crippen LogP contribution in [0.3, 0.4) is 0 Å². The topological polar surface area (TPSA) is 51.0 Å². The molecular weight excluding hydrogens is 250 g/mol. The van der Waals surface area contributed by atoms with E-state index in [1.165, 1.54) is 0 Å². The van der Waals surface area contributed by atoms with Gasteiger partial charge in [0, 0.05) is 23.7 Å². The van der Waals surface area contributed by atoms with Crippen molar-refractivity contribution in [1.82, 2.24) is 9.97 Å². The van der Waals surface area contributed by atoms with Crippen molar-refractivity contribution in [1.29, 1.82) is 0 Å². The number of benzene rings is 1. The third kappa shape index (κ3) is 2.13. The Bertz CT molecular complexity index is 762. The molecule has 20 heavy (non-hydrogen) atoms. The van der Waals surface area contributed by atoms with Crippen molar-refractivity contribution < 1.29 is 4.42 Å². The Hall–Kier alpha value is -2.36. The first-order chi connectivity index (χ1) is 9.69. The number of hydrogen-bond acceptors (Lipinski definition) is 4. The maximum absolute atomic E-state index is 5.79. The number of hydrogen-bond donors (Lipinski definition) is 1. The Labute approximate surface area is 117 Å². The molecule has 1 N–H and O–H groups in total. The van der Waals surface area contributed by atoms with Gasteiger partial charge in [-0.05, 0) is 26.8 Å². The van der Waals surface area contributed by atoms with E-state index in [9.17, 15) is 0 Å². The summed E-state index contributed by atoms with van der Waals surface area (Å²) in [4.78, 5) is 9.15. The predicted molar refractivity (Wildman–Crippen MR) is 80.9 cm³/mol. The lowest BCUT2D eigenvalue weighted by Crippen LogP contribution is -2.02. The van der Waals surface area contributed by atoms with Crippen LogP contribution in [0.15, 0.2) is 34.7 Å². The van der Waals surface area contributed by atoms with Crippen molar-refractivity contribution in [2.75, 3.05) is 11.9 Å². The van der Waals surface area contributed by atoms with E-state index in [1.54, 1.807) is 0 Å². The first kappa shape index (κ1) is 12.7. The van der Waals surface area contributed by atoms with Gasteiger partial charge in [0.05, 0.1) is 5.56 Å². The third-order valence-corrected chi connectivity index (χ3v) is 3.21. The van der Waals surface area contributed by atoms with E-state index in [-0.39, 0.29) is 0 Å². The highest BCUT2D eigenvalue weighted by atomic mass is 16.3. The molecule has 3 rings (SSSR count). The lowest BCUT2D eigenvalue weighted by molar-refractivity contribution is 0.579. The summed E-state index contributed by atoms with van der Waals surface area (Å²) in [7, 11) is 0. The second-order valence-corrected chi connectivity index (χ2v) is 4.78. The van der Waals surface area contributed by atoms with Gasteiger partial charge in [-0.15, -0.1) is 0 Å². The van der Waals surface area contributed by atoms with Crippen LogP contribution >= 0.6 is 0 Å². The maximum atomic E-state index is 5.79. The zero-order valence-electron chi connectivity index (χ0n) is 11.9. The van der Waals surface area contributed by atoms with Crippen molar-refractivity contribution in [3.8, 4) is 11.4 Å². The molecule has 2 aromatic heterocycles. The number of para-hydroxylation sites is 1. The Morgan fingerprint density at radius 3 is 2.75 bits per heavy atom. The SMILES string of the molecule is CCNc1cc(C)nc(-c2c(C)oc3ccccc23)n1. The zero-order chi connectivity index (χ0) is 14.1. The fourth-order valence-electron chi connectivity index (χ4n) is 2.40. The molecule has 0 aliphatic heterocycles. The van der Waals surface area contributed by atoms with Crippen LogP contribution in [0.2, 0.25) is 0 Å². The van der Waals surface area contributed by atoms with Crippen molar-refractivity contribution >= 4 is 16.8 Å². The van der Waals surface area contributed by atoms with Crippen LogP contribution in [0, 0.1) is 13.8 Å². The summed E-state index contributed by atoms with van der Waals surface area (Å²) in [5, 5.41) is 4.29. The van der Waals surface area contributed by atoms with E-state index in [2.05, 4.69) is 22.2 Å². The maximum Gasteiger partial charge on any atom is 0.165 e. The van der Waals surface area contributed by atoms with E-state index in [0.29, 0.717) is 5.82 Å². The van der Waals surface area contributed by atoms with E-state index in [1.807, 2.05) is 44.2 Å². The number of anilines is 1. The molecule has 4 nitrogen and oxygen atoms in total. The molecule has 0 aliphatic rings. The van der Waals surface area contributed by atoms with E-state index >= 15 is 0 Å². The Balaban J connectivity index is 2.22. The number of furan rings is 1. The lowest BCUT2D eigenvalue weighted by atomic mass is 10.1. The second kappa shape index (κ2) is 4.96. The number of aryl methyl sites for hydroxylation is 2. The molecule has 0 amide bonds. The average Bonchev–Trinajstić information content (AvgIpc) is 2.74. The van der Waals surface area contributed by atoms with Gasteiger partial charge in [-0.1, -0.05) is 18.2 Å². The molecule has 0 radical (unpaired) electrons. The Morgan fingerprint density at radius 1 is 1.15 bits per heavy atom. The molecule has 2 heterocycles. The molecule has 0 saturated heterocycles. The highest BCUT2D eigenvalue weighted by Gasteiger charge is 2.15. The van der Waals surface area contributed by atoms with Crippen LogP contribution in [0.4, 0.5) is 5.82 Å². The molecular formula is C16H17N3O. The minimum atomic E-state index is 0.711. The lowest BCUT2D eigenvalue weighted by Gasteiger charge is -2.06. The summed E-state index contributed by atoms with van der Waals surface area (Å²) in [6.45, 7) is 6.81. The minimum Gasteiger partial charge on any atom is -0.461 e. The van der Waals surface area contributed by atoms with Gasteiger partial charge in [-0.3, -0.25) is 0 Å². The smallest absolute Gasteiger partial charge is 0.165 e. The zero-order valence-corrected chi connectivity index (χ0v) is 11.9. The molecule has 102 valence electrons. The Morgan fingerprint density at radius 2 is 1.95 bits per heavy atom. The number of aromatic nitrogens is 2. The van der Waals surface area contributed by atoms with Crippen molar-refractivity contribution in [3.63, 3.8) is 0 Å². The molecule has 3 aromatic rings. The van der Waals surface area contributed by atoms with Gasteiger partial charge in [0.15, 0.2) is 5.82 Å². The summed E-state index contributed by atoms with van der Waals surface area (Å²) in [5.74, 6) is 2.40. The van der Waals surface area contributed by atoms with E-state index in [4.69, 9.17) is 4.42 Å². The number of nitrogens with zero attached hydrogens (tertiary/aromatic N) is 2. The van der Waals surface area contributed by atoms with Gasteiger partial charge in [0.2, 0.25) is 0 Å². The fourth-order valence-corrected chi connectivity index (χ4v) is 2.40. The predicted octanol–water partition coefficient (Wildman–Crippen LogP) is 3.94. The quantitative estimate of drug-likeness (QED) is 0.781. The minimum absolute atomic E-state index is 0.711. The molecule has 0 saturated carbocycles. The van der Waals surface area contributed by atoms with Crippen molar-refractivity contribution in [2.45, 2.75) is 20.8 Å². The van der Waals surface area contributed by atoms with Gasteiger partial charge >= 0.3 is 0 Å². The molecule has 0 aliphatic carbocycles. The summed E-state index contributed by atoms with van der Waals surface area (Å²) in [6, 6.07) is 9.93. The van der Waals surface area contributed by atoms with Crippen LogP contribution in [0.25, 0.3) is 22.4 Å². The standard InChI is InChI=1S/C16H17N3O/c1-4-17-14-9-10(2)18-16(19-14)15-11(3)20-13-8-6-5-7-12(13)15/h5-9H,4H2,1-3H3,(H,17,18,19). The van der Waals surface area contributed by atoms with Crippen LogP contribution < -0.4 is 5.32 Å². The highest BCUT2D eigenvalue weighted by molar-refractivity contribution is 5.93. The van der Waals surface area contributed by atoms with Gasteiger partial charge in [0.1, 0.15) is 17.2 Å². The van der Waals surface area contributed by atoms with Gasteiger partial charge < -0.3 is 9.73 Å². The Kier molecular flexibility index (Phi) is 3.14. The molecule has 4 heteroatoms. The molecule has 0 bridgehead atoms. The van der Waals surface area contributed by atoms with Crippen LogP contribution in [0.1, 0.15) is 18.4 Å². The number of nitrogens with one attached hydrogen (secondary N) is 1. The molecule has 0 unspecified atom stereocenters. The number of fused-ring (bicyclic) bond motifs is 1. The number of rotatable bonds is 3. The van der Waals surface area contributed by atoms with E-state index in [0.717, 1.165) is 40.3 Å². The third-order valence-electron chi connectivity index (χ3n) is 3.21. The normalized spacial score (nSPS) is 10.9.